The van der Waals surface area contributed by atoms with E-state index in [1.54, 1.807) is 19.1 Å². The van der Waals surface area contributed by atoms with Gasteiger partial charge in [0.25, 0.3) is 5.91 Å². The molecule has 1 aliphatic carbocycles. The van der Waals surface area contributed by atoms with E-state index in [2.05, 4.69) is 26.2 Å². The zero-order chi connectivity index (χ0) is 19.1. The number of halogens is 1. The van der Waals surface area contributed by atoms with Crippen LogP contribution < -0.4 is 10.1 Å². The fourth-order valence-corrected chi connectivity index (χ4v) is 3.90. The maximum absolute atomic E-state index is 12.6. The quantitative estimate of drug-likeness (QED) is 0.757. The average Bonchev–Trinajstić information content (AvgIpc) is 3.42. The number of pyridine rings is 1. The molecule has 0 bridgehead atoms. The van der Waals surface area contributed by atoms with E-state index in [0.29, 0.717) is 41.4 Å². The van der Waals surface area contributed by atoms with E-state index in [1.165, 1.54) is 0 Å². The molecule has 1 aromatic heterocycles. The molecule has 1 amide bonds. The Kier molecular flexibility index (Phi) is 4.63. The van der Waals surface area contributed by atoms with Gasteiger partial charge in [0.15, 0.2) is 5.75 Å². The number of rotatable bonds is 6. The van der Waals surface area contributed by atoms with Crippen LogP contribution in [0.1, 0.15) is 34.6 Å². The molecule has 2 aromatic rings. The van der Waals surface area contributed by atoms with Crippen LogP contribution in [-0.4, -0.2) is 35.7 Å². The topological polar surface area (TPSA) is 71.5 Å². The van der Waals surface area contributed by atoms with E-state index >= 15 is 0 Å². The largest absolute Gasteiger partial charge is 0.493 e. The van der Waals surface area contributed by atoms with Crippen LogP contribution >= 0.6 is 15.9 Å². The van der Waals surface area contributed by atoms with Gasteiger partial charge in [0, 0.05) is 19.4 Å². The smallest absolute Gasteiger partial charge is 0.257 e. The van der Waals surface area contributed by atoms with Crippen molar-refractivity contribution >= 4 is 39.0 Å². The molecule has 1 aliphatic heterocycles. The van der Waals surface area contributed by atoms with Gasteiger partial charge in [-0.25, -0.2) is 0 Å². The van der Waals surface area contributed by atoms with Gasteiger partial charge in [-0.15, -0.1) is 0 Å². The second-order valence-corrected chi connectivity index (χ2v) is 7.86. The molecule has 7 heteroatoms. The number of nitrogens with zero attached hydrogens (tertiary/aromatic N) is 2. The summed E-state index contributed by atoms with van der Waals surface area (Å²) < 4.78 is 6.29. The molecule has 27 heavy (non-hydrogen) atoms. The minimum atomic E-state index is -0.0750. The minimum absolute atomic E-state index is 0.0750. The fraction of sp³-hybridized carbons (Fsp3) is 0.350. The number of nitrogens with one attached hydrogen (secondary N) is 1. The lowest BCUT2D eigenvalue weighted by Gasteiger charge is -2.15. The Morgan fingerprint density at radius 1 is 1.37 bits per heavy atom. The Labute approximate surface area is 166 Å². The molecule has 4 rings (SSSR count). The standard InChI is InChI=1S/C20H20BrN3O3/c1-24-10-16-18(20(24)26)15(8-12(22-16)9-17(25)11-6-7-11)23-14-5-3-4-13(21)19(14)27-2/h3-5,8,11H,6-7,9-10H2,1-2H3,(H,22,23). The molecular formula is C20H20BrN3O3. The number of hydrogen-bond acceptors (Lipinski definition) is 5. The summed E-state index contributed by atoms with van der Waals surface area (Å²) in [7, 11) is 3.35. The maximum Gasteiger partial charge on any atom is 0.257 e. The van der Waals surface area contributed by atoms with Gasteiger partial charge in [0.1, 0.15) is 5.78 Å². The van der Waals surface area contributed by atoms with Crippen molar-refractivity contribution in [3.05, 3.63) is 45.7 Å². The summed E-state index contributed by atoms with van der Waals surface area (Å²) in [5.41, 5.74) is 3.36. The van der Waals surface area contributed by atoms with E-state index in [9.17, 15) is 9.59 Å². The first-order valence-electron chi connectivity index (χ1n) is 8.88. The van der Waals surface area contributed by atoms with Gasteiger partial charge in [0.2, 0.25) is 0 Å². The highest BCUT2D eigenvalue weighted by Crippen LogP contribution is 2.38. The van der Waals surface area contributed by atoms with Crippen LogP contribution in [0.2, 0.25) is 0 Å². The van der Waals surface area contributed by atoms with E-state index in [-0.39, 0.29) is 17.6 Å². The van der Waals surface area contributed by atoms with E-state index in [1.807, 2.05) is 24.3 Å². The highest BCUT2D eigenvalue weighted by Gasteiger charge is 2.32. The number of fused-ring (bicyclic) bond motifs is 1. The van der Waals surface area contributed by atoms with Crippen molar-refractivity contribution in [3.8, 4) is 5.75 Å². The lowest BCUT2D eigenvalue weighted by Crippen LogP contribution is -2.18. The predicted molar refractivity (Wildman–Crippen MR) is 105 cm³/mol. The van der Waals surface area contributed by atoms with Crippen molar-refractivity contribution in [2.24, 2.45) is 5.92 Å². The van der Waals surface area contributed by atoms with E-state index in [0.717, 1.165) is 23.0 Å². The van der Waals surface area contributed by atoms with Crippen molar-refractivity contribution in [2.45, 2.75) is 25.8 Å². The van der Waals surface area contributed by atoms with Crippen LogP contribution in [0.25, 0.3) is 0 Å². The number of hydrogen-bond donors (Lipinski definition) is 1. The number of amides is 1. The Balaban J connectivity index is 1.74. The van der Waals surface area contributed by atoms with Crippen LogP contribution in [0.3, 0.4) is 0 Å². The first kappa shape index (κ1) is 18.0. The summed E-state index contributed by atoms with van der Waals surface area (Å²) in [5, 5.41) is 3.32. The van der Waals surface area contributed by atoms with Crippen molar-refractivity contribution in [3.63, 3.8) is 0 Å². The molecule has 1 aromatic carbocycles. The van der Waals surface area contributed by atoms with Gasteiger partial charge < -0.3 is 15.0 Å². The van der Waals surface area contributed by atoms with Gasteiger partial charge in [-0.1, -0.05) is 6.07 Å². The lowest BCUT2D eigenvalue weighted by atomic mass is 10.1. The summed E-state index contributed by atoms with van der Waals surface area (Å²) >= 11 is 3.48. The zero-order valence-electron chi connectivity index (χ0n) is 15.2. The highest BCUT2D eigenvalue weighted by molar-refractivity contribution is 9.10. The third-order valence-corrected chi connectivity index (χ3v) is 5.55. The second kappa shape index (κ2) is 6.96. The first-order chi connectivity index (χ1) is 13.0. The summed E-state index contributed by atoms with van der Waals surface area (Å²) in [6.07, 6.45) is 2.26. The van der Waals surface area contributed by atoms with Crippen LogP contribution in [0.5, 0.6) is 5.75 Å². The molecule has 0 saturated heterocycles. The van der Waals surface area contributed by atoms with Crippen molar-refractivity contribution in [1.82, 2.24) is 9.88 Å². The molecule has 1 fully saturated rings. The molecule has 140 valence electrons. The van der Waals surface area contributed by atoms with Gasteiger partial charge in [-0.05, 0) is 47.0 Å². The van der Waals surface area contributed by atoms with Crippen LogP contribution in [-0.2, 0) is 17.8 Å². The Bertz CT molecular complexity index is 940. The molecule has 0 radical (unpaired) electrons. The predicted octanol–water partition coefficient (Wildman–Crippen LogP) is 3.70. The second-order valence-electron chi connectivity index (χ2n) is 7.01. The van der Waals surface area contributed by atoms with Crippen LogP contribution in [0, 0.1) is 5.92 Å². The van der Waals surface area contributed by atoms with E-state index < -0.39 is 0 Å². The van der Waals surface area contributed by atoms with Gasteiger partial charge in [-0.2, -0.15) is 0 Å². The number of ketones is 1. The van der Waals surface area contributed by atoms with Crippen molar-refractivity contribution < 1.29 is 14.3 Å². The number of para-hydroxylation sites is 1. The number of anilines is 2. The van der Waals surface area contributed by atoms with E-state index in [4.69, 9.17) is 4.74 Å². The average molecular weight is 430 g/mol. The third-order valence-electron chi connectivity index (χ3n) is 4.92. The van der Waals surface area contributed by atoms with Crippen LogP contribution in [0.15, 0.2) is 28.7 Å². The minimum Gasteiger partial charge on any atom is -0.493 e. The fourth-order valence-electron chi connectivity index (χ4n) is 3.37. The number of benzene rings is 1. The SMILES string of the molecule is COc1c(Br)cccc1Nc1cc(CC(=O)C2CC2)nc2c1C(=O)N(C)C2. The molecule has 0 spiro atoms. The highest BCUT2D eigenvalue weighted by atomic mass is 79.9. The molecule has 0 unspecified atom stereocenters. The molecule has 1 N–H and O–H groups in total. The Hall–Kier alpha value is -2.41. The zero-order valence-corrected chi connectivity index (χ0v) is 16.8. The number of methoxy groups -OCH3 is 1. The summed E-state index contributed by atoms with van der Waals surface area (Å²) in [4.78, 5) is 31.1. The molecule has 2 heterocycles. The van der Waals surface area contributed by atoms with Gasteiger partial charge >= 0.3 is 0 Å². The summed E-state index contributed by atoms with van der Waals surface area (Å²) in [5.74, 6) is 0.989. The maximum atomic E-state index is 12.6. The van der Waals surface area contributed by atoms with Crippen molar-refractivity contribution in [2.75, 3.05) is 19.5 Å². The molecule has 6 nitrogen and oxygen atoms in total. The monoisotopic (exact) mass is 429 g/mol. The van der Waals surface area contributed by atoms with Gasteiger partial charge in [-0.3, -0.25) is 14.6 Å². The van der Waals surface area contributed by atoms with Crippen molar-refractivity contribution in [1.29, 1.82) is 0 Å². The molecular weight excluding hydrogens is 410 g/mol. The lowest BCUT2D eigenvalue weighted by molar-refractivity contribution is -0.119. The molecule has 1 saturated carbocycles. The number of Topliss-reactive ketones (excluding diaryl/α,β-unsaturated/α-hetero) is 1. The van der Waals surface area contributed by atoms with Gasteiger partial charge in [0.05, 0.1) is 46.5 Å². The number of ether oxygens (including phenoxy) is 1. The Morgan fingerprint density at radius 3 is 2.85 bits per heavy atom. The normalized spacial score (nSPS) is 15.7. The van der Waals surface area contributed by atoms with Crippen LogP contribution in [0.4, 0.5) is 11.4 Å². The third kappa shape index (κ3) is 3.43. The summed E-state index contributed by atoms with van der Waals surface area (Å²) in [6.45, 7) is 0.448. The summed E-state index contributed by atoms with van der Waals surface area (Å²) in [6, 6.07) is 7.48. The number of aromatic nitrogens is 1. The molecule has 2 aliphatic rings. The molecule has 0 atom stereocenters. The number of carbonyl (C=O) groups is 2. The number of carbonyl (C=O) groups excluding carboxylic acids is 2. The Morgan fingerprint density at radius 2 is 2.15 bits per heavy atom. The first-order valence-corrected chi connectivity index (χ1v) is 9.67.